The van der Waals surface area contributed by atoms with Crippen molar-refractivity contribution in [3.05, 3.63) is 23.8 Å². The molecule has 0 aromatic heterocycles. The third-order valence-electron chi connectivity index (χ3n) is 3.35. The Morgan fingerprint density at radius 2 is 2.00 bits per heavy atom. The Morgan fingerprint density at radius 1 is 1.35 bits per heavy atom. The number of sulfonamides is 1. The zero-order valence-corrected chi connectivity index (χ0v) is 11.0. The van der Waals surface area contributed by atoms with E-state index in [1.807, 2.05) is 6.92 Å². The number of rotatable bonds is 3. The van der Waals surface area contributed by atoms with Crippen molar-refractivity contribution >= 4 is 15.7 Å². The molecule has 0 bridgehead atoms. The number of nitrogens with two attached hydrogens (primary N) is 1. The lowest BCUT2D eigenvalue weighted by atomic mass is 9.80. The minimum Gasteiger partial charge on any atom is -0.398 e. The molecule has 2 rings (SSSR count). The molecule has 1 aliphatic carbocycles. The van der Waals surface area contributed by atoms with Crippen LogP contribution >= 0.6 is 0 Å². The minimum atomic E-state index is -3.52. The van der Waals surface area contributed by atoms with Gasteiger partial charge in [-0.25, -0.2) is 13.1 Å². The maximum absolute atomic E-state index is 12.3. The average molecular weight is 254 g/mol. The van der Waals surface area contributed by atoms with Crippen LogP contribution in [0.4, 0.5) is 5.69 Å². The third kappa shape index (κ3) is 2.30. The van der Waals surface area contributed by atoms with Crippen LogP contribution in [-0.2, 0) is 10.0 Å². The second kappa shape index (κ2) is 3.99. The molecule has 1 fully saturated rings. The lowest BCUT2D eigenvalue weighted by Crippen LogP contribution is -2.50. The number of hydrogen-bond acceptors (Lipinski definition) is 3. The fraction of sp³-hybridized carbons (Fsp3) is 0.500. The standard InChI is InChI=1S/C12H18N2O2S/c1-9-5-3-6-10(13)11(9)17(15,16)14-12(2)7-4-8-12/h3,5-6,14H,4,7-8,13H2,1-2H3. The highest BCUT2D eigenvalue weighted by Gasteiger charge is 2.37. The quantitative estimate of drug-likeness (QED) is 0.808. The monoisotopic (exact) mass is 254 g/mol. The van der Waals surface area contributed by atoms with E-state index < -0.39 is 10.0 Å². The zero-order valence-electron chi connectivity index (χ0n) is 10.2. The predicted molar refractivity (Wildman–Crippen MR) is 68.2 cm³/mol. The lowest BCUT2D eigenvalue weighted by Gasteiger charge is -2.38. The van der Waals surface area contributed by atoms with Gasteiger partial charge in [0.1, 0.15) is 4.90 Å². The van der Waals surface area contributed by atoms with Gasteiger partial charge in [-0.1, -0.05) is 12.1 Å². The van der Waals surface area contributed by atoms with Gasteiger partial charge in [0.2, 0.25) is 10.0 Å². The molecule has 0 amide bonds. The Balaban J connectivity index is 2.38. The fourth-order valence-corrected chi connectivity index (χ4v) is 4.05. The van der Waals surface area contributed by atoms with Crippen LogP contribution in [0.3, 0.4) is 0 Å². The van der Waals surface area contributed by atoms with Crippen molar-refractivity contribution in [3.8, 4) is 0 Å². The van der Waals surface area contributed by atoms with Gasteiger partial charge in [0.05, 0.1) is 5.69 Å². The first kappa shape index (κ1) is 12.4. The maximum Gasteiger partial charge on any atom is 0.243 e. The highest BCUT2D eigenvalue weighted by atomic mass is 32.2. The summed E-state index contributed by atoms with van der Waals surface area (Å²) >= 11 is 0. The van der Waals surface area contributed by atoms with Crippen molar-refractivity contribution in [3.63, 3.8) is 0 Å². The number of aryl methyl sites for hydroxylation is 1. The maximum atomic E-state index is 12.3. The molecule has 1 aromatic carbocycles. The van der Waals surface area contributed by atoms with Gasteiger partial charge in [-0.2, -0.15) is 0 Å². The molecule has 1 aliphatic rings. The number of anilines is 1. The molecule has 3 N–H and O–H groups in total. The molecule has 0 radical (unpaired) electrons. The highest BCUT2D eigenvalue weighted by Crippen LogP contribution is 2.33. The lowest BCUT2D eigenvalue weighted by molar-refractivity contribution is 0.248. The van der Waals surface area contributed by atoms with Gasteiger partial charge >= 0.3 is 0 Å². The van der Waals surface area contributed by atoms with Crippen molar-refractivity contribution in [2.75, 3.05) is 5.73 Å². The van der Waals surface area contributed by atoms with Gasteiger partial charge in [0.15, 0.2) is 0 Å². The summed E-state index contributed by atoms with van der Waals surface area (Å²) in [6.07, 6.45) is 2.85. The summed E-state index contributed by atoms with van der Waals surface area (Å²) < 4.78 is 27.3. The third-order valence-corrected chi connectivity index (χ3v) is 5.21. The van der Waals surface area contributed by atoms with Crippen LogP contribution in [-0.4, -0.2) is 14.0 Å². The Labute approximate surface area is 102 Å². The van der Waals surface area contributed by atoms with Crippen LogP contribution in [0, 0.1) is 6.92 Å². The van der Waals surface area contributed by atoms with E-state index in [-0.39, 0.29) is 10.4 Å². The molecule has 0 spiro atoms. The molecule has 94 valence electrons. The van der Waals surface area contributed by atoms with Gasteiger partial charge in [-0.15, -0.1) is 0 Å². The predicted octanol–water partition coefficient (Wildman–Crippen LogP) is 1.80. The fourth-order valence-electron chi connectivity index (χ4n) is 2.23. The largest absolute Gasteiger partial charge is 0.398 e. The highest BCUT2D eigenvalue weighted by molar-refractivity contribution is 7.89. The first-order valence-corrected chi connectivity index (χ1v) is 7.21. The Morgan fingerprint density at radius 3 is 2.47 bits per heavy atom. The molecule has 1 aromatic rings. The Kier molecular flexibility index (Phi) is 2.91. The normalized spacial score (nSPS) is 18.7. The summed E-state index contributed by atoms with van der Waals surface area (Å²) in [5.41, 5.74) is 6.46. The smallest absolute Gasteiger partial charge is 0.243 e. The van der Waals surface area contributed by atoms with E-state index in [0.29, 0.717) is 11.3 Å². The SMILES string of the molecule is Cc1cccc(N)c1S(=O)(=O)NC1(C)CCC1. The second-order valence-corrected chi connectivity index (χ2v) is 6.63. The molecule has 0 atom stereocenters. The molecule has 0 saturated heterocycles. The van der Waals surface area contributed by atoms with Gasteiger partial charge in [0, 0.05) is 5.54 Å². The Hall–Kier alpha value is -1.07. The average Bonchev–Trinajstić information content (AvgIpc) is 2.13. The summed E-state index contributed by atoms with van der Waals surface area (Å²) in [6.45, 7) is 3.69. The first-order valence-electron chi connectivity index (χ1n) is 5.73. The molecular weight excluding hydrogens is 236 g/mol. The first-order chi connectivity index (χ1) is 7.84. The molecule has 4 nitrogen and oxygen atoms in total. The summed E-state index contributed by atoms with van der Waals surface area (Å²) in [5, 5.41) is 0. The Bertz CT molecular complexity index is 513. The van der Waals surface area contributed by atoms with Crippen LogP contribution in [0.15, 0.2) is 23.1 Å². The van der Waals surface area contributed by atoms with E-state index in [4.69, 9.17) is 5.73 Å². The summed E-state index contributed by atoms with van der Waals surface area (Å²) in [4.78, 5) is 0.216. The number of benzene rings is 1. The number of nitrogens with one attached hydrogen (secondary N) is 1. The van der Waals surface area contributed by atoms with Crippen molar-refractivity contribution < 1.29 is 8.42 Å². The van der Waals surface area contributed by atoms with E-state index in [1.54, 1.807) is 25.1 Å². The van der Waals surface area contributed by atoms with Crippen molar-refractivity contribution in [1.29, 1.82) is 0 Å². The minimum absolute atomic E-state index is 0.216. The van der Waals surface area contributed by atoms with E-state index in [0.717, 1.165) is 19.3 Å². The van der Waals surface area contributed by atoms with Gasteiger partial charge in [0.25, 0.3) is 0 Å². The molecule has 0 heterocycles. The molecule has 0 aliphatic heterocycles. The van der Waals surface area contributed by atoms with Crippen LogP contribution < -0.4 is 10.5 Å². The molecule has 1 saturated carbocycles. The van der Waals surface area contributed by atoms with E-state index in [9.17, 15) is 8.42 Å². The number of nitrogen functional groups attached to an aromatic ring is 1. The van der Waals surface area contributed by atoms with Crippen LogP contribution in [0.1, 0.15) is 31.7 Å². The zero-order chi connectivity index (χ0) is 12.7. The second-order valence-electron chi connectivity index (χ2n) is 5.01. The van der Waals surface area contributed by atoms with Crippen molar-refractivity contribution in [2.45, 2.75) is 43.5 Å². The molecule has 0 unspecified atom stereocenters. The summed E-state index contributed by atoms with van der Waals surface area (Å²) in [7, 11) is -3.52. The molecule has 17 heavy (non-hydrogen) atoms. The van der Waals surface area contributed by atoms with Gasteiger partial charge in [-0.3, -0.25) is 0 Å². The van der Waals surface area contributed by atoms with Crippen LogP contribution in [0.25, 0.3) is 0 Å². The van der Waals surface area contributed by atoms with E-state index in [2.05, 4.69) is 4.72 Å². The van der Waals surface area contributed by atoms with E-state index in [1.165, 1.54) is 0 Å². The van der Waals surface area contributed by atoms with Crippen LogP contribution in [0.5, 0.6) is 0 Å². The molecular formula is C12H18N2O2S. The summed E-state index contributed by atoms with van der Waals surface area (Å²) in [5.74, 6) is 0. The van der Waals surface area contributed by atoms with Gasteiger partial charge in [-0.05, 0) is 44.7 Å². The summed E-state index contributed by atoms with van der Waals surface area (Å²) in [6, 6.07) is 5.13. The van der Waals surface area contributed by atoms with Gasteiger partial charge < -0.3 is 5.73 Å². The molecule has 5 heteroatoms. The number of hydrogen-bond donors (Lipinski definition) is 2. The van der Waals surface area contributed by atoms with Crippen molar-refractivity contribution in [1.82, 2.24) is 4.72 Å². The van der Waals surface area contributed by atoms with Crippen LogP contribution in [0.2, 0.25) is 0 Å². The topological polar surface area (TPSA) is 72.2 Å². The van der Waals surface area contributed by atoms with Crippen molar-refractivity contribution in [2.24, 2.45) is 0 Å². The van der Waals surface area contributed by atoms with E-state index >= 15 is 0 Å².